The maximum absolute atomic E-state index is 11.7. The molecule has 6 heteroatoms. The summed E-state index contributed by atoms with van der Waals surface area (Å²) in [6.45, 7) is 6.05. The minimum atomic E-state index is -0.368. The summed E-state index contributed by atoms with van der Waals surface area (Å²) in [7, 11) is 0. The van der Waals surface area contributed by atoms with Gasteiger partial charge in [-0.3, -0.25) is 0 Å². The predicted octanol–water partition coefficient (Wildman–Crippen LogP) is 3.26. The summed E-state index contributed by atoms with van der Waals surface area (Å²) in [4.78, 5) is 16.9. The van der Waals surface area contributed by atoms with Crippen LogP contribution in [0.3, 0.4) is 0 Å². The molecule has 0 saturated heterocycles. The highest BCUT2D eigenvalue weighted by Gasteiger charge is 2.17. The van der Waals surface area contributed by atoms with Gasteiger partial charge in [-0.15, -0.1) is 11.3 Å². The van der Waals surface area contributed by atoms with Crippen LogP contribution in [0.2, 0.25) is 0 Å². The Morgan fingerprint density at radius 1 is 1.60 bits per heavy atom. The van der Waals surface area contributed by atoms with Crippen LogP contribution >= 0.6 is 11.3 Å². The van der Waals surface area contributed by atoms with Crippen LogP contribution in [0, 0.1) is 6.92 Å². The normalized spacial score (nSPS) is 12.2. The highest BCUT2D eigenvalue weighted by molar-refractivity contribution is 7.15. The van der Waals surface area contributed by atoms with Crippen LogP contribution in [0.1, 0.15) is 35.0 Å². The van der Waals surface area contributed by atoms with E-state index in [9.17, 15) is 4.79 Å². The Morgan fingerprint density at radius 2 is 2.40 bits per heavy atom. The summed E-state index contributed by atoms with van der Waals surface area (Å²) in [5, 5.41) is 4.00. The lowest BCUT2D eigenvalue weighted by Crippen LogP contribution is -2.17. The molecule has 20 heavy (non-hydrogen) atoms. The number of carbonyl (C=O) groups is 1. The quantitative estimate of drug-likeness (QED) is 0.828. The van der Waals surface area contributed by atoms with Crippen LogP contribution in [-0.4, -0.2) is 23.6 Å². The number of carbonyl (C=O) groups excluding carboxylic acids is 1. The number of nitrogens with zero attached hydrogens (tertiary/aromatic N) is 1. The second kappa shape index (κ2) is 6.56. The molecule has 0 amide bonds. The van der Waals surface area contributed by atoms with E-state index in [1.807, 2.05) is 26.0 Å². The minimum Gasteiger partial charge on any atom is -0.469 e. The number of rotatable bonds is 6. The van der Waals surface area contributed by atoms with Crippen LogP contribution in [-0.2, 0) is 11.2 Å². The van der Waals surface area contributed by atoms with Crippen molar-refractivity contribution in [1.29, 1.82) is 0 Å². The van der Waals surface area contributed by atoms with Gasteiger partial charge in [-0.2, -0.15) is 0 Å². The van der Waals surface area contributed by atoms with Crippen molar-refractivity contribution >= 4 is 22.4 Å². The lowest BCUT2D eigenvalue weighted by molar-refractivity contribution is 0.0519. The van der Waals surface area contributed by atoms with Crippen molar-refractivity contribution in [2.45, 2.75) is 33.2 Å². The first kappa shape index (κ1) is 14.6. The monoisotopic (exact) mass is 294 g/mol. The Morgan fingerprint density at radius 3 is 3.05 bits per heavy atom. The molecule has 0 aliphatic heterocycles. The lowest BCUT2D eigenvalue weighted by Gasteiger charge is -2.10. The van der Waals surface area contributed by atoms with E-state index in [1.165, 1.54) is 11.3 Å². The molecule has 2 aromatic rings. The smallest absolute Gasteiger partial charge is 0.358 e. The van der Waals surface area contributed by atoms with Crippen molar-refractivity contribution < 1.29 is 13.9 Å². The third-order valence-electron chi connectivity index (χ3n) is 2.72. The first-order valence-corrected chi connectivity index (χ1v) is 7.35. The van der Waals surface area contributed by atoms with Crippen molar-refractivity contribution in [3.05, 3.63) is 34.7 Å². The molecule has 0 aliphatic rings. The molecular formula is C14H18N2O3S. The maximum atomic E-state index is 11.7. The second-order valence-corrected chi connectivity index (χ2v) is 5.68. The van der Waals surface area contributed by atoms with Gasteiger partial charge >= 0.3 is 5.97 Å². The fourth-order valence-corrected chi connectivity index (χ4v) is 2.75. The second-order valence-electron chi connectivity index (χ2n) is 4.47. The van der Waals surface area contributed by atoms with Crippen LogP contribution in [0.4, 0.5) is 5.13 Å². The molecule has 1 atom stereocenters. The number of nitrogens with one attached hydrogen (secondary N) is 1. The number of aryl methyl sites for hydroxylation is 1. The molecule has 0 fully saturated rings. The summed E-state index contributed by atoms with van der Waals surface area (Å²) in [6.07, 6.45) is 2.43. The van der Waals surface area contributed by atoms with Gasteiger partial charge in [0.2, 0.25) is 0 Å². The molecule has 1 N–H and O–H groups in total. The zero-order valence-corrected chi connectivity index (χ0v) is 12.6. The van der Waals surface area contributed by atoms with Gasteiger partial charge in [-0.05, 0) is 32.9 Å². The molecule has 2 heterocycles. The van der Waals surface area contributed by atoms with Crippen molar-refractivity contribution in [2.75, 3.05) is 11.9 Å². The number of furan rings is 1. The van der Waals surface area contributed by atoms with Gasteiger partial charge in [0.15, 0.2) is 10.8 Å². The summed E-state index contributed by atoms with van der Waals surface area (Å²) in [5.41, 5.74) is 0.393. The summed E-state index contributed by atoms with van der Waals surface area (Å²) in [5.74, 6) is 0.553. The average Bonchev–Trinajstić information content (AvgIpc) is 2.99. The first-order chi connectivity index (χ1) is 9.60. The van der Waals surface area contributed by atoms with E-state index in [0.717, 1.165) is 22.2 Å². The van der Waals surface area contributed by atoms with E-state index in [1.54, 1.807) is 13.2 Å². The van der Waals surface area contributed by atoms with Gasteiger partial charge in [0.05, 0.1) is 12.9 Å². The van der Waals surface area contributed by atoms with Gasteiger partial charge in [0.1, 0.15) is 5.76 Å². The Bertz CT molecular complexity index is 563. The van der Waals surface area contributed by atoms with Crippen molar-refractivity contribution in [1.82, 2.24) is 4.98 Å². The fraction of sp³-hybridized carbons (Fsp3) is 0.429. The largest absolute Gasteiger partial charge is 0.469 e. The summed E-state index contributed by atoms with van der Waals surface area (Å²) >= 11 is 1.46. The summed E-state index contributed by atoms with van der Waals surface area (Å²) < 4.78 is 10.3. The molecule has 2 rings (SSSR count). The topological polar surface area (TPSA) is 64.4 Å². The van der Waals surface area contributed by atoms with Crippen LogP contribution in [0.25, 0.3) is 0 Å². The molecule has 0 radical (unpaired) electrons. The number of thiazole rings is 1. The van der Waals surface area contributed by atoms with Crippen LogP contribution in [0.5, 0.6) is 0 Å². The molecule has 1 unspecified atom stereocenters. The van der Waals surface area contributed by atoms with Crippen molar-refractivity contribution in [3.63, 3.8) is 0 Å². The number of hydrogen-bond donors (Lipinski definition) is 1. The van der Waals surface area contributed by atoms with Crippen LogP contribution in [0.15, 0.2) is 22.8 Å². The predicted molar refractivity (Wildman–Crippen MR) is 78.3 cm³/mol. The molecule has 0 bridgehead atoms. The van der Waals surface area contributed by atoms with Gasteiger partial charge in [-0.25, -0.2) is 9.78 Å². The minimum absolute atomic E-state index is 0.168. The fourth-order valence-electron chi connectivity index (χ4n) is 1.84. The Kier molecular flexibility index (Phi) is 4.79. The van der Waals surface area contributed by atoms with Gasteiger partial charge in [0, 0.05) is 17.3 Å². The highest BCUT2D eigenvalue weighted by atomic mass is 32.1. The molecule has 2 aromatic heterocycles. The van der Waals surface area contributed by atoms with Gasteiger partial charge in [-0.1, -0.05) is 0 Å². The lowest BCUT2D eigenvalue weighted by atomic mass is 10.2. The highest BCUT2D eigenvalue weighted by Crippen LogP contribution is 2.23. The first-order valence-electron chi connectivity index (χ1n) is 6.53. The van der Waals surface area contributed by atoms with Crippen molar-refractivity contribution in [3.8, 4) is 0 Å². The SMILES string of the molecule is CCOC(=O)c1nc(NC(C)Cc2ccco2)sc1C. The zero-order chi connectivity index (χ0) is 14.5. The molecule has 0 aromatic carbocycles. The molecule has 0 spiro atoms. The average molecular weight is 294 g/mol. The molecule has 0 saturated carbocycles. The standard InChI is InChI=1S/C14H18N2O3S/c1-4-18-13(17)12-10(3)20-14(16-12)15-9(2)8-11-6-5-7-19-11/h5-7,9H,4,8H2,1-3H3,(H,15,16). The molecule has 108 valence electrons. The molecular weight excluding hydrogens is 276 g/mol. The van der Waals surface area contributed by atoms with E-state index >= 15 is 0 Å². The number of ether oxygens (including phenoxy) is 1. The Labute approximate surface area is 122 Å². The Hall–Kier alpha value is -1.82. The number of aromatic nitrogens is 1. The Balaban J connectivity index is 1.99. The maximum Gasteiger partial charge on any atom is 0.358 e. The van der Waals surface area contributed by atoms with E-state index in [4.69, 9.17) is 9.15 Å². The zero-order valence-electron chi connectivity index (χ0n) is 11.8. The number of hydrogen-bond acceptors (Lipinski definition) is 6. The number of anilines is 1. The van der Waals surface area contributed by atoms with E-state index in [-0.39, 0.29) is 12.0 Å². The molecule has 0 aliphatic carbocycles. The number of esters is 1. The van der Waals surface area contributed by atoms with Crippen molar-refractivity contribution in [2.24, 2.45) is 0 Å². The van der Waals surface area contributed by atoms with E-state index in [0.29, 0.717) is 12.3 Å². The summed E-state index contributed by atoms with van der Waals surface area (Å²) in [6, 6.07) is 3.98. The third-order valence-corrected chi connectivity index (χ3v) is 3.62. The van der Waals surface area contributed by atoms with E-state index < -0.39 is 0 Å². The van der Waals surface area contributed by atoms with Gasteiger partial charge in [0.25, 0.3) is 0 Å². The van der Waals surface area contributed by atoms with Crippen LogP contribution < -0.4 is 5.32 Å². The molecule has 5 nitrogen and oxygen atoms in total. The van der Waals surface area contributed by atoms with Gasteiger partial charge < -0.3 is 14.5 Å². The third kappa shape index (κ3) is 3.60. The van der Waals surface area contributed by atoms with E-state index in [2.05, 4.69) is 10.3 Å².